The van der Waals surface area contributed by atoms with Crippen LogP contribution in [0.1, 0.15) is 55.8 Å². The second-order valence-corrected chi connectivity index (χ2v) is 5.60. The molecule has 0 amide bonds. The van der Waals surface area contributed by atoms with Crippen molar-refractivity contribution in [2.45, 2.75) is 45.4 Å². The number of ether oxygens (including phenoxy) is 1. The van der Waals surface area contributed by atoms with E-state index >= 15 is 0 Å². The van der Waals surface area contributed by atoms with Crippen molar-refractivity contribution < 1.29 is 9.53 Å². The van der Waals surface area contributed by atoms with E-state index in [4.69, 9.17) is 4.74 Å². The van der Waals surface area contributed by atoms with Crippen LogP contribution in [-0.4, -0.2) is 12.9 Å². The number of ketones is 1. The molecule has 2 heteroatoms. The summed E-state index contributed by atoms with van der Waals surface area (Å²) >= 11 is 0. The number of benzene rings is 1. The molecule has 0 spiro atoms. The first-order chi connectivity index (χ1) is 9.24. The van der Waals surface area contributed by atoms with Crippen LogP contribution in [0.25, 0.3) is 0 Å². The summed E-state index contributed by atoms with van der Waals surface area (Å²) in [6.07, 6.45) is 7.16. The largest absolute Gasteiger partial charge is 0.497 e. The average Bonchev–Trinajstić information content (AvgIpc) is 2.48. The molecule has 0 unspecified atom stereocenters. The highest BCUT2D eigenvalue weighted by molar-refractivity contribution is 5.97. The van der Waals surface area contributed by atoms with E-state index in [1.807, 2.05) is 24.3 Å². The zero-order valence-electron chi connectivity index (χ0n) is 12.0. The summed E-state index contributed by atoms with van der Waals surface area (Å²) in [6, 6.07) is 7.52. The summed E-state index contributed by atoms with van der Waals surface area (Å²) < 4.78 is 5.12. The van der Waals surface area contributed by atoms with Crippen molar-refractivity contribution in [2.75, 3.05) is 7.11 Å². The van der Waals surface area contributed by atoms with Crippen LogP contribution in [0.3, 0.4) is 0 Å². The van der Waals surface area contributed by atoms with Crippen molar-refractivity contribution in [3.63, 3.8) is 0 Å². The number of hydrogen-bond donors (Lipinski definition) is 0. The summed E-state index contributed by atoms with van der Waals surface area (Å²) in [5, 5.41) is 0. The molecule has 2 rings (SSSR count). The van der Waals surface area contributed by atoms with Gasteiger partial charge in [0.2, 0.25) is 0 Å². The maximum atomic E-state index is 12.4. The van der Waals surface area contributed by atoms with Gasteiger partial charge in [-0.25, -0.2) is 0 Å². The Balaban J connectivity index is 1.93. The second kappa shape index (κ2) is 6.74. The summed E-state index contributed by atoms with van der Waals surface area (Å²) in [6.45, 7) is 2.24. The van der Waals surface area contributed by atoms with Gasteiger partial charge in [-0.2, -0.15) is 0 Å². The van der Waals surface area contributed by atoms with Crippen molar-refractivity contribution in [1.29, 1.82) is 0 Å². The maximum Gasteiger partial charge on any atom is 0.165 e. The third-order valence-electron chi connectivity index (χ3n) is 4.29. The molecular formula is C17H24O2. The predicted molar refractivity (Wildman–Crippen MR) is 77.7 cm³/mol. The molecule has 0 N–H and O–H groups in total. The van der Waals surface area contributed by atoms with Crippen molar-refractivity contribution >= 4 is 5.78 Å². The van der Waals surface area contributed by atoms with Crippen LogP contribution in [0.4, 0.5) is 0 Å². The van der Waals surface area contributed by atoms with Gasteiger partial charge in [0.15, 0.2) is 5.78 Å². The van der Waals surface area contributed by atoms with Gasteiger partial charge in [-0.15, -0.1) is 0 Å². The molecule has 0 bridgehead atoms. The van der Waals surface area contributed by atoms with E-state index in [9.17, 15) is 4.79 Å². The molecule has 19 heavy (non-hydrogen) atoms. The molecule has 2 nitrogen and oxygen atoms in total. The Kier molecular flexibility index (Phi) is 5.00. The predicted octanol–water partition coefficient (Wildman–Crippen LogP) is 4.48. The molecule has 0 radical (unpaired) electrons. The highest BCUT2D eigenvalue weighted by Crippen LogP contribution is 2.33. The molecule has 0 heterocycles. The van der Waals surface area contributed by atoms with E-state index in [0.717, 1.165) is 30.1 Å². The lowest BCUT2D eigenvalue weighted by Gasteiger charge is -2.27. The Hall–Kier alpha value is -1.31. The average molecular weight is 260 g/mol. The van der Waals surface area contributed by atoms with Gasteiger partial charge in [-0.1, -0.05) is 19.8 Å². The van der Waals surface area contributed by atoms with Crippen LogP contribution < -0.4 is 4.74 Å². The van der Waals surface area contributed by atoms with E-state index in [1.54, 1.807) is 7.11 Å². The van der Waals surface area contributed by atoms with Gasteiger partial charge >= 0.3 is 0 Å². The number of carbonyl (C=O) groups excluding carboxylic acids is 1. The minimum Gasteiger partial charge on any atom is -0.497 e. The number of methoxy groups -OCH3 is 1. The van der Waals surface area contributed by atoms with Gasteiger partial charge in [-0.05, 0) is 55.9 Å². The first-order valence-corrected chi connectivity index (χ1v) is 7.42. The van der Waals surface area contributed by atoms with Crippen molar-refractivity contribution in [3.8, 4) is 5.75 Å². The number of carbonyl (C=O) groups is 1. The Morgan fingerprint density at radius 1 is 1.16 bits per heavy atom. The van der Waals surface area contributed by atoms with Crippen LogP contribution in [0.5, 0.6) is 5.75 Å². The fourth-order valence-corrected chi connectivity index (χ4v) is 3.11. The number of rotatable bonds is 5. The van der Waals surface area contributed by atoms with Gasteiger partial charge in [0.05, 0.1) is 7.11 Å². The highest BCUT2D eigenvalue weighted by Gasteiger charge is 2.26. The van der Waals surface area contributed by atoms with Crippen LogP contribution in [-0.2, 0) is 0 Å². The Labute approximate surface area is 116 Å². The van der Waals surface area contributed by atoms with Crippen molar-refractivity contribution in [1.82, 2.24) is 0 Å². The lowest BCUT2D eigenvalue weighted by atomic mass is 9.77. The first kappa shape index (κ1) is 14.1. The zero-order valence-corrected chi connectivity index (χ0v) is 12.0. The SMILES string of the molecule is CCCC1CCC(C(=O)c2ccc(OC)cc2)CC1. The van der Waals surface area contributed by atoms with Crippen molar-refractivity contribution in [3.05, 3.63) is 29.8 Å². The molecule has 0 aliphatic heterocycles. The topological polar surface area (TPSA) is 26.3 Å². The van der Waals surface area contributed by atoms with Gasteiger partial charge in [0.25, 0.3) is 0 Å². The van der Waals surface area contributed by atoms with Crippen LogP contribution >= 0.6 is 0 Å². The van der Waals surface area contributed by atoms with Crippen LogP contribution in [0.2, 0.25) is 0 Å². The molecule has 104 valence electrons. The van der Waals surface area contributed by atoms with E-state index in [0.29, 0.717) is 5.78 Å². The van der Waals surface area contributed by atoms with Crippen LogP contribution in [0, 0.1) is 11.8 Å². The quantitative estimate of drug-likeness (QED) is 0.729. The van der Waals surface area contributed by atoms with E-state index in [1.165, 1.54) is 25.7 Å². The second-order valence-electron chi connectivity index (χ2n) is 5.60. The normalized spacial score (nSPS) is 23.1. The van der Waals surface area contributed by atoms with E-state index < -0.39 is 0 Å². The van der Waals surface area contributed by atoms with E-state index in [2.05, 4.69) is 6.92 Å². The van der Waals surface area contributed by atoms with E-state index in [-0.39, 0.29) is 5.92 Å². The summed E-state index contributed by atoms with van der Waals surface area (Å²) in [4.78, 5) is 12.4. The van der Waals surface area contributed by atoms with Crippen molar-refractivity contribution in [2.24, 2.45) is 11.8 Å². The molecule has 0 saturated heterocycles. The lowest BCUT2D eigenvalue weighted by molar-refractivity contribution is 0.0870. The third-order valence-corrected chi connectivity index (χ3v) is 4.29. The number of hydrogen-bond acceptors (Lipinski definition) is 2. The smallest absolute Gasteiger partial charge is 0.165 e. The van der Waals surface area contributed by atoms with Gasteiger partial charge < -0.3 is 4.74 Å². The lowest BCUT2D eigenvalue weighted by Crippen LogP contribution is -2.22. The minimum atomic E-state index is 0.238. The minimum absolute atomic E-state index is 0.238. The molecule has 0 atom stereocenters. The monoisotopic (exact) mass is 260 g/mol. The van der Waals surface area contributed by atoms with Crippen LogP contribution in [0.15, 0.2) is 24.3 Å². The number of Topliss-reactive ketones (excluding diaryl/α,β-unsaturated/α-hetero) is 1. The molecule has 1 saturated carbocycles. The van der Waals surface area contributed by atoms with Gasteiger partial charge in [0.1, 0.15) is 5.75 Å². The fourth-order valence-electron chi connectivity index (χ4n) is 3.11. The summed E-state index contributed by atoms with van der Waals surface area (Å²) in [5.41, 5.74) is 0.833. The Morgan fingerprint density at radius 3 is 2.32 bits per heavy atom. The molecule has 1 aliphatic carbocycles. The summed E-state index contributed by atoms with van der Waals surface area (Å²) in [7, 11) is 1.64. The van der Waals surface area contributed by atoms with Gasteiger partial charge in [-0.3, -0.25) is 4.79 Å². The highest BCUT2D eigenvalue weighted by atomic mass is 16.5. The Morgan fingerprint density at radius 2 is 1.79 bits per heavy atom. The first-order valence-electron chi connectivity index (χ1n) is 7.42. The summed E-state index contributed by atoms with van der Waals surface area (Å²) in [5.74, 6) is 2.22. The molecule has 0 aromatic heterocycles. The Bertz CT molecular complexity index is 400. The molecule has 1 fully saturated rings. The standard InChI is InChI=1S/C17H24O2/c1-3-4-13-5-7-14(8-6-13)17(18)15-9-11-16(19-2)12-10-15/h9-14H,3-8H2,1-2H3. The molecular weight excluding hydrogens is 236 g/mol. The maximum absolute atomic E-state index is 12.4. The fraction of sp³-hybridized carbons (Fsp3) is 0.588. The molecule has 1 aromatic rings. The molecule has 1 aliphatic rings. The van der Waals surface area contributed by atoms with Gasteiger partial charge in [0, 0.05) is 11.5 Å². The molecule has 1 aromatic carbocycles. The zero-order chi connectivity index (χ0) is 13.7. The third kappa shape index (κ3) is 3.59.